The maximum absolute atomic E-state index is 12.2. The zero-order valence-corrected chi connectivity index (χ0v) is 23.4. The van der Waals surface area contributed by atoms with Crippen LogP contribution in [0.15, 0.2) is 42.5 Å². The second-order valence-electron chi connectivity index (χ2n) is 9.16. The summed E-state index contributed by atoms with van der Waals surface area (Å²) in [6.45, 7) is 3.98. The zero-order chi connectivity index (χ0) is 29.6. The van der Waals surface area contributed by atoms with Gasteiger partial charge in [0.2, 0.25) is 11.9 Å². The Kier molecular flexibility index (Phi) is 10.1. The fourth-order valence-corrected chi connectivity index (χ4v) is 4.59. The minimum Gasteiger partial charge on any atom is -0.497 e. The second-order valence-corrected chi connectivity index (χ2v) is 9.57. The van der Waals surface area contributed by atoms with Gasteiger partial charge in [-0.25, -0.2) is 0 Å². The summed E-state index contributed by atoms with van der Waals surface area (Å²) in [5.41, 5.74) is 1.57. The first-order valence-corrected chi connectivity index (χ1v) is 12.7. The number of carbonyl (C=O) groups excluding carboxylic acids is 4. The van der Waals surface area contributed by atoms with Crippen LogP contribution in [0.3, 0.4) is 0 Å². The zero-order valence-electron chi connectivity index (χ0n) is 22.7. The van der Waals surface area contributed by atoms with Crippen molar-refractivity contribution in [3.05, 3.63) is 64.2 Å². The Morgan fingerprint density at radius 2 is 1.48 bits per heavy atom. The number of aliphatic hydroxyl groups is 1. The second kappa shape index (κ2) is 13.1. The number of rotatable bonds is 9. The fraction of sp³-hybridized carbons (Fsp3) is 0.429. The van der Waals surface area contributed by atoms with Gasteiger partial charge in [-0.1, -0.05) is 29.8 Å². The predicted molar refractivity (Wildman–Crippen MR) is 139 cm³/mol. The van der Waals surface area contributed by atoms with Crippen LogP contribution in [0.4, 0.5) is 0 Å². The summed E-state index contributed by atoms with van der Waals surface area (Å²) in [5.74, 6) is -4.88. The van der Waals surface area contributed by atoms with E-state index >= 15 is 0 Å². The van der Waals surface area contributed by atoms with Gasteiger partial charge in [-0.15, -0.1) is 0 Å². The summed E-state index contributed by atoms with van der Waals surface area (Å²) in [7, 11) is 1.56. The molecule has 0 aliphatic carbocycles. The molecule has 0 spiro atoms. The Bertz CT molecular complexity index is 1250. The quantitative estimate of drug-likeness (QED) is 0.346. The van der Waals surface area contributed by atoms with Crippen LogP contribution in [0.2, 0.25) is 5.02 Å². The highest BCUT2D eigenvalue weighted by Crippen LogP contribution is 2.42. The van der Waals surface area contributed by atoms with Gasteiger partial charge in [-0.2, -0.15) is 0 Å². The molecule has 1 aliphatic heterocycles. The van der Waals surface area contributed by atoms with Crippen molar-refractivity contribution in [3.63, 3.8) is 0 Å². The van der Waals surface area contributed by atoms with E-state index in [-0.39, 0.29) is 5.56 Å². The lowest BCUT2D eigenvalue weighted by molar-refractivity contribution is -0.360. The van der Waals surface area contributed by atoms with Crippen LogP contribution in [0.5, 0.6) is 5.75 Å². The number of esters is 4. The Balaban J connectivity index is 2.12. The maximum Gasteiger partial charge on any atom is 0.303 e. The molecule has 0 saturated carbocycles. The largest absolute Gasteiger partial charge is 0.497 e. The number of hydrogen-bond donors (Lipinski definition) is 1. The minimum atomic E-state index is -2.45. The molecule has 0 amide bonds. The highest BCUT2D eigenvalue weighted by atomic mass is 35.5. The third kappa shape index (κ3) is 7.50. The highest BCUT2D eigenvalue weighted by Gasteiger charge is 2.60. The molecular weight excluding hydrogens is 548 g/mol. The van der Waals surface area contributed by atoms with Crippen molar-refractivity contribution in [3.8, 4) is 5.75 Å². The van der Waals surface area contributed by atoms with Crippen LogP contribution in [0.1, 0.15) is 44.4 Å². The molecule has 1 aliphatic rings. The maximum atomic E-state index is 12.2. The number of carbonyl (C=O) groups is 4. The van der Waals surface area contributed by atoms with Crippen molar-refractivity contribution in [1.29, 1.82) is 0 Å². The fourth-order valence-electron chi connectivity index (χ4n) is 4.41. The Morgan fingerprint density at radius 3 is 2.02 bits per heavy atom. The van der Waals surface area contributed by atoms with Crippen molar-refractivity contribution in [2.75, 3.05) is 13.7 Å². The third-order valence-electron chi connectivity index (χ3n) is 6.07. The predicted octanol–water partition coefficient (Wildman–Crippen LogP) is 2.84. The van der Waals surface area contributed by atoms with Crippen LogP contribution in [-0.2, 0) is 55.1 Å². The molecule has 5 atom stereocenters. The van der Waals surface area contributed by atoms with Crippen LogP contribution in [0.25, 0.3) is 0 Å². The van der Waals surface area contributed by atoms with E-state index in [1.165, 1.54) is 12.1 Å². The van der Waals surface area contributed by atoms with Gasteiger partial charge in [0.15, 0.2) is 12.2 Å². The molecule has 2 aromatic rings. The molecular formula is C28H31ClO11. The SMILES string of the molecule is COc1ccc(Cc2cc(C3(O)O[C@H](COC(C)=O)[C@@H](OC(C)=O)[C@H](OC(C)=O)[C@H]3OC(C)=O)ccc2Cl)cc1. The molecule has 1 heterocycles. The normalized spacial score (nSPS) is 24.0. The van der Waals surface area contributed by atoms with E-state index < -0.39 is 60.7 Å². The van der Waals surface area contributed by atoms with Gasteiger partial charge in [-0.3, -0.25) is 19.2 Å². The molecule has 40 heavy (non-hydrogen) atoms. The van der Waals surface area contributed by atoms with Crippen LogP contribution >= 0.6 is 11.6 Å². The molecule has 3 rings (SSSR count). The van der Waals surface area contributed by atoms with Gasteiger partial charge in [0.05, 0.1) is 7.11 Å². The molecule has 0 radical (unpaired) electrons. The monoisotopic (exact) mass is 578 g/mol. The van der Waals surface area contributed by atoms with Gasteiger partial charge < -0.3 is 33.5 Å². The first-order chi connectivity index (χ1) is 18.8. The standard InChI is InChI=1S/C28H31ClO11/c1-15(30)36-14-24-25(37-16(2)31)26(38-17(3)32)27(39-18(4)33)28(34,40-24)21-8-11-23(29)20(13-21)12-19-6-9-22(35-5)10-7-19/h6-11,13,24-27,34H,12,14H2,1-5H3/t24-,25-,26+,27-,28?/m1/s1. The van der Waals surface area contributed by atoms with Gasteiger partial charge in [0, 0.05) is 38.3 Å². The summed E-state index contributed by atoms with van der Waals surface area (Å²) >= 11 is 6.48. The Morgan fingerprint density at radius 1 is 0.875 bits per heavy atom. The first kappa shape index (κ1) is 30.9. The van der Waals surface area contributed by atoms with Crippen LogP contribution < -0.4 is 4.74 Å². The summed E-state index contributed by atoms with van der Waals surface area (Å²) in [5, 5.41) is 12.4. The van der Waals surface area contributed by atoms with E-state index in [9.17, 15) is 24.3 Å². The van der Waals surface area contributed by atoms with E-state index in [1.807, 2.05) is 12.1 Å². The third-order valence-corrected chi connectivity index (χ3v) is 6.43. The van der Waals surface area contributed by atoms with Crippen LogP contribution in [-0.4, -0.2) is 67.1 Å². The molecule has 12 heteroatoms. The summed E-state index contributed by atoms with van der Waals surface area (Å²) < 4.78 is 32.5. The Hall–Kier alpha value is -3.67. The highest BCUT2D eigenvalue weighted by molar-refractivity contribution is 6.31. The van der Waals surface area contributed by atoms with E-state index in [0.29, 0.717) is 22.8 Å². The molecule has 0 aromatic heterocycles. The molecule has 1 unspecified atom stereocenters. The van der Waals surface area contributed by atoms with Crippen molar-refractivity contribution in [2.45, 2.75) is 64.3 Å². The smallest absolute Gasteiger partial charge is 0.303 e. The van der Waals surface area contributed by atoms with E-state index in [1.54, 1.807) is 25.3 Å². The molecule has 1 N–H and O–H groups in total. The Labute approximate surface area is 236 Å². The first-order valence-electron chi connectivity index (χ1n) is 12.3. The lowest BCUT2D eigenvalue weighted by atomic mass is 9.86. The topological polar surface area (TPSA) is 144 Å². The molecule has 11 nitrogen and oxygen atoms in total. The van der Waals surface area contributed by atoms with E-state index in [4.69, 9.17) is 40.0 Å². The van der Waals surface area contributed by atoms with Gasteiger partial charge in [0.1, 0.15) is 18.5 Å². The lowest BCUT2D eigenvalue weighted by Crippen LogP contribution is -2.66. The molecule has 2 aromatic carbocycles. The summed E-state index contributed by atoms with van der Waals surface area (Å²) in [4.78, 5) is 47.8. The van der Waals surface area contributed by atoms with Crippen molar-refractivity contribution in [2.24, 2.45) is 0 Å². The summed E-state index contributed by atoms with van der Waals surface area (Å²) in [6, 6.07) is 11.8. The average Bonchev–Trinajstić information content (AvgIpc) is 2.87. The van der Waals surface area contributed by atoms with Crippen molar-refractivity contribution < 1.29 is 52.7 Å². The van der Waals surface area contributed by atoms with Crippen LogP contribution in [0, 0.1) is 0 Å². The molecule has 1 saturated heterocycles. The van der Waals surface area contributed by atoms with Gasteiger partial charge >= 0.3 is 23.9 Å². The average molecular weight is 579 g/mol. The van der Waals surface area contributed by atoms with E-state index in [0.717, 1.165) is 33.3 Å². The molecule has 0 bridgehead atoms. The molecule has 216 valence electrons. The number of hydrogen-bond acceptors (Lipinski definition) is 11. The number of methoxy groups -OCH3 is 1. The summed E-state index contributed by atoms with van der Waals surface area (Å²) in [6.07, 6.45) is -5.61. The van der Waals surface area contributed by atoms with Gasteiger partial charge in [-0.05, 0) is 41.8 Å². The lowest BCUT2D eigenvalue weighted by Gasteiger charge is -2.48. The molecule has 1 fully saturated rings. The number of halogens is 1. The van der Waals surface area contributed by atoms with Crippen molar-refractivity contribution in [1.82, 2.24) is 0 Å². The minimum absolute atomic E-state index is 0.0953. The van der Waals surface area contributed by atoms with Gasteiger partial charge in [0.25, 0.3) is 0 Å². The van der Waals surface area contributed by atoms with E-state index in [2.05, 4.69) is 0 Å². The number of benzene rings is 2. The number of ether oxygens (including phenoxy) is 6. The van der Waals surface area contributed by atoms with Crippen molar-refractivity contribution >= 4 is 35.5 Å².